The Morgan fingerprint density at radius 2 is 0.851 bits per heavy atom. The molecule has 2 heterocycles. The number of alkyl halides is 6. The van der Waals surface area contributed by atoms with Gasteiger partial charge in [0.15, 0.2) is 11.4 Å². The maximum absolute atomic E-state index is 13.9. The van der Waals surface area contributed by atoms with E-state index in [4.69, 9.17) is 20.9 Å². The summed E-state index contributed by atoms with van der Waals surface area (Å²) < 4.78 is 95.1. The SMILES string of the molecule is CC(C)(C)OC(=O)NCc1cccc(-n2nc(C(F)(F)F)cc2C(=O)Nc2cccc(C(NCC3CC3)c3cccc(NC(=O)OC(C)(C)C)c3)c2)c1.Cl.NCc1cccc(C(NCC2CC2)c2cccc(NC(=O)c3cc(C(F)(F)F)nn3-c3cccc(CN)c3)c2)c1. The van der Waals surface area contributed by atoms with Gasteiger partial charge >= 0.3 is 24.5 Å². The van der Waals surface area contributed by atoms with Crippen molar-refractivity contribution in [3.63, 3.8) is 0 Å². The second-order valence-corrected chi connectivity index (χ2v) is 25.0. The van der Waals surface area contributed by atoms with Gasteiger partial charge in [0.1, 0.15) is 22.6 Å². The van der Waals surface area contributed by atoms with E-state index in [1.54, 1.807) is 108 Å². The molecular formula is C69H77ClF6N12O6. The number of carbonyl (C=O) groups excluding carboxylic acids is 4. The van der Waals surface area contributed by atoms with Crippen LogP contribution in [0.25, 0.3) is 11.4 Å². The van der Waals surface area contributed by atoms with Crippen LogP contribution in [0, 0.1) is 11.8 Å². The summed E-state index contributed by atoms with van der Waals surface area (Å²) in [6, 6.07) is 43.6. The minimum atomic E-state index is -4.82. The second kappa shape index (κ2) is 30.3. The lowest BCUT2D eigenvalue weighted by Crippen LogP contribution is -2.32. The van der Waals surface area contributed by atoms with Crippen LogP contribution >= 0.6 is 12.4 Å². The van der Waals surface area contributed by atoms with Gasteiger partial charge in [0.2, 0.25) is 0 Å². The van der Waals surface area contributed by atoms with Crippen molar-refractivity contribution in [2.75, 3.05) is 29.0 Å². The van der Waals surface area contributed by atoms with E-state index in [9.17, 15) is 45.5 Å². The predicted octanol–water partition coefficient (Wildman–Crippen LogP) is 14.2. The molecule has 8 aromatic rings. The summed E-state index contributed by atoms with van der Waals surface area (Å²) in [7, 11) is 0. The number of halogens is 7. The van der Waals surface area contributed by atoms with Crippen LogP contribution < -0.4 is 43.4 Å². The standard InChI is InChI=1S/C39H45F3N6O5.C30H31F3N6O.ClH/c1-37(2,3)52-35(50)44-23-25-10-7-15-30(18-25)48-31(21-32(47-48)39(40,41)42)34(49)45-28-13-8-11-26(19-28)33(43-22-24-16-17-24)27-12-9-14-29(20-27)46-36(51)53-38(4,5)6;31-30(32,33)27-15-26(39(38-27)25-9-2-5-21(13-25)17-35)29(40)37-24-8-3-7-23(14-24)28(36-18-19-10-11-19)22-6-1-4-20(12-22)16-34;/h7-15,18-21,24,33,43H,16-17,22-23H2,1-6H3,(H,44,50)(H,45,49)(H,46,51);1-9,12-15,19,28,36H,10-11,16-18,34-35H2,(H,37,40);1H. The van der Waals surface area contributed by atoms with Gasteiger partial charge in [-0.3, -0.25) is 14.9 Å². The van der Waals surface area contributed by atoms with Crippen LogP contribution in [0.1, 0.15) is 151 Å². The number of benzene rings is 6. The molecule has 0 bridgehead atoms. The number of alkyl carbamates (subject to hydrolysis) is 1. The number of amides is 4. The molecule has 2 aliphatic carbocycles. The first-order valence-electron chi connectivity index (χ1n) is 30.5. The second-order valence-electron chi connectivity index (χ2n) is 25.0. The van der Waals surface area contributed by atoms with Crippen molar-refractivity contribution >= 4 is 53.5 Å². The van der Waals surface area contributed by atoms with Gasteiger partial charge in [-0.25, -0.2) is 19.0 Å². The van der Waals surface area contributed by atoms with E-state index >= 15 is 0 Å². The van der Waals surface area contributed by atoms with Gasteiger partial charge < -0.3 is 47.5 Å². The van der Waals surface area contributed by atoms with Crippen LogP contribution in [-0.4, -0.2) is 67.9 Å². The van der Waals surface area contributed by atoms with E-state index in [1.807, 2.05) is 60.7 Å². The lowest BCUT2D eigenvalue weighted by atomic mass is 9.96. The van der Waals surface area contributed by atoms with Crippen molar-refractivity contribution in [2.45, 2.75) is 122 Å². The van der Waals surface area contributed by atoms with Crippen LogP contribution in [0.3, 0.4) is 0 Å². The monoisotopic (exact) mass is 1320 g/mol. The third-order valence-corrected chi connectivity index (χ3v) is 14.8. The Balaban J connectivity index is 0.000000247. The number of anilines is 3. The third-order valence-electron chi connectivity index (χ3n) is 14.8. The van der Waals surface area contributed by atoms with Gasteiger partial charge in [0.05, 0.1) is 23.5 Å². The first-order chi connectivity index (χ1) is 44.1. The minimum Gasteiger partial charge on any atom is -0.444 e. The largest absolute Gasteiger partial charge is 0.444 e. The molecule has 2 atom stereocenters. The summed E-state index contributed by atoms with van der Waals surface area (Å²) in [4.78, 5) is 51.7. The van der Waals surface area contributed by atoms with Crippen LogP contribution in [0.4, 0.5) is 53.0 Å². The van der Waals surface area contributed by atoms with Gasteiger partial charge in [-0.05, 0) is 192 Å². The lowest BCUT2D eigenvalue weighted by Gasteiger charge is -2.22. The molecule has 10 rings (SSSR count). The smallest absolute Gasteiger partial charge is 0.435 e. The highest BCUT2D eigenvalue weighted by molar-refractivity contribution is 6.04. The fourth-order valence-electron chi connectivity index (χ4n) is 10.0. The molecule has 2 fully saturated rings. The van der Waals surface area contributed by atoms with Crippen molar-refractivity contribution in [1.82, 2.24) is 35.5 Å². The van der Waals surface area contributed by atoms with E-state index in [1.165, 1.54) is 25.0 Å². The number of hydrogen-bond donors (Lipinski definition) is 8. The average molecular weight is 1320 g/mol. The number of nitrogens with one attached hydrogen (secondary N) is 6. The molecule has 18 nitrogen and oxygen atoms in total. The van der Waals surface area contributed by atoms with Gasteiger partial charge in [-0.15, -0.1) is 12.4 Å². The maximum atomic E-state index is 13.9. The number of aromatic nitrogens is 4. The molecule has 498 valence electrons. The quantitative estimate of drug-likeness (QED) is 0.0313. The van der Waals surface area contributed by atoms with E-state index in [2.05, 4.69) is 48.2 Å². The number of nitrogens with zero attached hydrogens (tertiary/aromatic N) is 4. The summed E-state index contributed by atoms with van der Waals surface area (Å²) in [5.74, 6) is -0.346. The van der Waals surface area contributed by atoms with Crippen molar-refractivity contribution in [3.8, 4) is 11.4 Å². The first kappa shape index (κ1) is 70.8. The molecule has 2 aliphatic rings. The summed E-state index contributed by atoms with van der Waals surface area (Å²) in [6.45, 7) is 12.8. The maximum Gasteiger partial charge on any atom is 0.435 e. The fourth-order valence-corrected chi connectivity index (χ4v) is 10.0. The zero-order valence-corrected chi connectivity index (χ0v) is 53.6. The molecule has 0 saturated heterocycles. The highest BCUT2D eigenvalue weighted by Crippen LogP contribution is 2.36. The molecule has 25 heteroatoms. The van der Waals surface area contributed by atoms with Crippen molar-refractivity contribution in [1.29, 1.82) is 0 Å². The van der Waals surface area contributed by atoms with Crippen molar-refractivity contribution < 1.29 is 55.0 Å². The molecule has 94 heavy (non-hydrogen) atoms. The normalized spacial score (nSPS) is 13.9. The Bertz CT molecular complexity index is 3950. The summed E-state index contributed by atoms with van der Waals surface area (Å²) in [5, 5.41) is 25.6. The lowest BCUT2D eigenvalue weighted by molar-refractivity contribution is -0.142. The van der Waals surface area contributed by atoms with Crippen molar-refractivity contribution in [3.05, 3.63) is 219 Å². The number of rotatable bonds is 21. The Morgan fingerprint density at radius 1 is 0.489 bits per heavy atom. The van der Waals surface area contributed by atoms with Crippen LogP contribution in [0.15, 0.2) is 158 Å². The first-order valence-corrected chi connectivity index (χ1v) is 30.5. The van der Waals surface area contributed by atoms with Gasteiger partial charge in [-0.1, -0.05) is 84.9 Å². The van der Waals surface area contributed by atoms with E-state index < -0.39 is 58.9 Å². The molecule has 0 spiro atoms. The fraction of sp³-hybridized carbons (Fsp3) is 0.333. The molecule has 4 amide bonds. The molecule has 2 saturated carbocycles. The average Bonchev–Trinajstić information content (AvgIpc) is 1.61. The molecule has 6 aromatic carbocycles. The van der Waals surface area contributed by atoms with E-state index in [0.29, 0.717) is 58.3 Å². The number of nitrogens with two attached hydrogens (primary N) is 2. The Morgan fingerprint density at radius 3 is 1.26 bits per heavy atom. The van der Waals surface area contributed by atoms with Gasteiger partial charge in [0.25, 0.3) is 11.8 Å². The summed E-state index contributed by atoms with van der Waals surface area (Å²) in [6.07, 6.45) is -6.15. The van der Waals surface area contributed by atoms with E-state index in [0.717, 1.165) is 69.2 Å². The highest BCUT2D eigenvalue weighted by Gasteiger charge is 2.38. The van der Waals surface area contributed by atoms with Crippen molar-refractivity contribution in [2.24, 2.45) is 23.3 Å². The molecule has 10 N–H and O–H groups in total. The predicted molar refractivity (Wildman–Crippen MR) is 350 cm³/mol. The third kappa shape index (κ3) is 20.2. The summed E-state index contributed by atoms with van der Waals surface area (Å²) >= 11 is 0. The van der Waals surface area contributed by atoms with Crippen LogP contribution in [-0.2, 0) is 41.5 Å². The molecular weight excluding hydrogens is 1240 g/mol. The Kier molecular flexibility index (Phi) is 22.8. The number of carbonyl (C=O) groups is 4. The van der Waals surface area contributed by atoms with Gasteiger partial charge in [0, 0.05) is 48.8 Å². The molecule has 0 radical (unpaired) electrons. The number of ether oxygens (including phenoxy) is 2. The molecule has 2 aromatic heterocycles. The zero-order chi connectivity index (χ0) is 66.8. The minimum absolute atomic E-state index is 0. The number of hydrogen-bond acceptors (Lipinski definition) is 12. The summed E-state index contributed by atoms with van der Waals surface area (Å²) in [5.41, 5.74) is 14.9. The van der Waals surface area contributed by atoms with Crippen LogP contribution in [0.2, 0.25) is 0 Å². The Labute approximate surface area is 547 Å². The van der Waals surface area contributed by atoms with Gasteiger partial charge in [-0.2, -0.15) is 36.5 Å². The topological polar surface area (TPSA) is 247 Å². The van der Waals surface area contributed by atoms with Crippen LogP contribution in [0.5, 0.6) is 0 Å². The molecule has 2 unspecified atom stereocenters. The molecule has 0 aliphatic heterocycles. The Hall–Kier alpha value is -9.07. The zero-order valence-electron chi connectivity index (χ0n) is 52.8. The van der Waals surface area contributed by atoms with E-state index in [-0.39, 0.29) is 54.7 Å². The highest BCUT2D eigenvalue weighted by atomic mass is 35.5.